The number of nitrogens with zero attached hydrogens (tertiary/aromatic N) is 3. The molecule has 0 saturated heterocycles. The maximum absolute atomic E-state index is 10.1. The molecule has 0 bridgehead atoms. The van der Waals surface area contributed by atoms with E-state index in [4.69, 9.17) is 9.98 Å². The minimum atomic E-state index is -0.515. The molecule has 2 atom stereocenters. The molecule has 2 aliphatic heterocycles. The second kappa shape index (κ2) is 11.0. The molecule has 0 fully saturated rings. The first-order valence-corrected chi connectivity index (χ1v) is 18.1. The van der Waals surface area contributed by atoms with Gasteiger partial charge in [-0.3, -0.25) is 0 Å². The first-order chi connectivity index (χ1) is 23.2. The molecule has 6 aromatic carbocycles. The van der Waals surface area contributed by atoms with E-state index >= 15 is 0 Å². The predicted octanol–water partition coefficient (Wildman–Crippen LogP) is 5.99. The summed E-state index contributed by atoms with van der Waals surface area (Å²) in [6, 6.07) is 54.4. The Bertz CT molecular complexity index is 2270. The molecule has 2 unspecified atom stereocenters. The van der Waals surface area contributed by atoms with E-state index in [0.29, 0.717) is 5.56 Å². The second-order valence-corrected chi connectivity index (χ2v) is 15.3. The van der Waals surface area contributed by atoms with E-state index in [1.807, 2.05) is 12.1 Å². The second-order valence-electron chi connectivity index (χ2n) is 12.4. The molecule has 0 N–H and O–H groups in total. The monoisotopic (exact) mass is 714 g/mol. The van der Waals surface area contributed by atoms with Crippen LogP contribution < -0.4 is 21.2 Å². The van der Waals surface area contributed by atoms with Crippen LogP contribution in [-0.4, -0.2) is 11.5 Å². The molecule has 2 heterocycles. The molecular formula is C43H29IN3-. The maximum atomic E-state index is 10.1. The van der Waals surface area contributed by atoms with E-state index in [1.54, 1.807) is 0 Å². The van der Waals surface area contributed by atoms with Crippen molar-refractivity contribution in [3.8, 4) is 17.2 Å². The standard InChI is InChI=1S/C43H29IN3/c1-27-40(29-12-4-2-5-13-29)46-42(30-14-6-3-7-15-30)47-41(27)31-21-23-33-32-22-20-28(26-45)24-36(32)43(37(33)25-31)34-16-8-10-18-38(34)44-39-19-11-9-17-35(39)43/h2-25,27,41H,1H3/q-1. The van der Waals surface area contributed by atoms with Gasteiger partial charge in [-0.2, -0.15) is 0 Å². The van der Waals surface area contributed by atoms with Gasteiger partial charge in [0.05, 0.1) is 0 Å². The van der Waals surface area contributed by atoms with Crippen LogP contribution >= 0.6 is 0 Å². The van der Waals surface area contributed by atoms with E-state index in [1.165, 1.54) is 46.1 Å². The number of fused-ring (bicyclic) bond motifs is 9. The zero-order valence-corrected chi connectivity index (χ0v) is 27.9. The van der Waals surface area contributed by atoms with Crippen LogP contribution in [0, 0.1) is 24.4 Å². The third-order valence-electron chi connectivity index (χ3n) is 9.89. The Morgan fingerprint density at radius 2 is 1.19 bits per heavy atom. The number of aliphatic imine (C=N–C) groups is 2. The fourth-order valence-electron chi connectivity index (χ4n) is 7.79. The van der Waals surface area contributed by atoms with Gasteiger partial charge in [0.25, 0.3) is 0 Å². The normalized spacial score (nSPS) is 18.4. The van der Waals surface area contributed by atoms with Gasteiger partial charge in [-0.05, 0) is 0 Å². The third-order valence-corrected chi connectivity index (χ3v) is 12.9. The zero-order valence-electron chi connectivity index (χ0n) is 25.7. The number of halogens is 1. The quantitative estimate of drug-likeness (QED) is 0.208. The summed E-state index contributed by atoms with van der Waals surface area (Å²) in [5.74, 6) is 0.826. The van der Waals surface area contributed by atoms with Gasteiger partial charge >= 0.3 is 275 Å². The summed E-state index contributed by atoms with van der Waals surface area (Å²) in [7, 11) is 0. The van der Waals surface area contributed by atoms with Crippen molar-refractivity contribution >= 4 is 11.5 Å². The first kappa shape index (κ1) is 28.1. The van der Waals surface area contributed by atoms with Crippen molar-refractivity contribution in [3.63, 3.8) is 0 Å². The van der Waals surface area contributed by atoms with Crippen LogP contribution in [0.15, 0.2) is 156 Å². The number of nitriles is 1. The summed E-state index contributed by atoms with van der Waals surface area (Å²) in [6.45, 7) is 2.26. The van der Waals surface area contributed by atoms with Crippen molar-refractivity contribution in [3.05, 3.63) is 197 Å². The molecule has 4 heteroatoms. The Hall–Kier alpha value is -5.12. The van der Waals surface area contributed by atoms with E-state index in [2.05, 4.69) is 146 Å². The van der Waals surface area contributed by atoms with E-state index in [-0.39, 0.29) is 33.2 Å². The molecule has 0 amide bonds. The average molecular weight is 715 g/mol. The summed E-state index contributed by atoms with van der Waals surface area (Å²) < 4.78 is 2.87. The Labute approximate surface area is 285 Å². The Morgan fingerprint density at radius 1 is 0.617 bits per heavy atom. The van der Waals surface area contributed by atoms with Crippen molar-refractivity contribution in [1.29, 1.82) is 5.26 Å². The van der Waals surface area contributed by atoms with Gasteiger partial charge in [0.1, 0.15) is 0 Å². The van der Waals surface area contributed by atoms with Gasteiger partial charge in [-0.15, -0.1) is 0 Å². The van der Waals surface area contributed by atoms with E-state index in [0.717, 1.165) is 22.7 Å². The summed E-state index contributed by atoms with van der Waals surface area (Å²) in [4.78, 5) is 10.6. The van der Waals surface area contributed by atoms with Gasteiger partial charge < -0.3 is 0 Å². The number of rotatable bonds is 3. The molecule has 1 aliphatic carbocycles. The number of hydrogen-bond acceptors (Lipinski definition) is 3. The molecule has 0 radical (unpaired) electrons. The van der Waals surface area contributed by atoms with Gasteiger partial charge in [-0.1, -0.05) is 12.1 Å². The molecule has 47 heavy (non-hydrogen) atoms. The van der Waals surface area contributed by atoms with E-state index in [9.17, 15) is 5.26 Å². The summed E-state index contributed by atoms with van der Waals surface area (Å²) >= 11 is -0.357. The van der Waals surface area contributed by atoms with Gasteiger partial charge in [0, 0.05) is 0 Å². The van der Waals surface area contributed by atoms with Crippen LogP contribution in [0.2, 0.25) is 0 Å². The fourth-order valence-corrected chi connectivity index (χ4v) is 10.9. The van der Waals surface area contributed by atoms with Crippen molar-refractivity contribution in [1.82, 2.24) is 0 Å². The van der Waals surface area contributed by atoms with Crippen LogP contribution in [0.5, 0.6) is 0 Å². The fraction of sp³-hybridized carbons (Fsp3) is 0.0930. The van der Waals surface area contributed by atoms with Crippen molar-refractivity contribution in [2.45, 2.75) is 18.4 Å². The van der Waals surface area contributed by atoms with Crippen LogP contribution in [-0.2, 0) is 5.41 Å². The van der Waals surface area contributed by atoms with Gasteiger partial charge in [0.2, 0.25) is 0 Å². The molecule has 0 aromatic heterocycles. The topological polar surface area (TPSA) is 48.5 Å². The third kappa shape index (κ3) is 4.23. The number of hydrogen-bond donors (Lipinski definition) is 0. The summed E-state index contributed by atoms with van der Waals surface area (Å²) in [5.41, 5.74) is 12.1. The summed E-state index contributed by atoms with van der Waals surface area (Å²) in [5, 5.41) is 10.1. The van der Waals surface area contributed by atoms with Crippen LogP contribution in [0.3, 0.4) is 0 Å². The molecule has 6 aromatic rings. The Morgan fingerprint density at radius 3 is 1.85 bits per heavy atom. The number of amidine groups is 1. The van der Waals surface area contributed by atoms with Crippen molar-refractivity contribution in [2.24, 2.45) is 15.9 Å². The molecular weight excluding hydrogens is 685 g/mol. The first-order valence-electron chi connectivity index (χ1n) is 16.0. The van der Waals surface area contributed by atoms with E-state index < -0.39 is 5.41 Å². The SMILES string of the molecule is CC1C(c2ccccc2)=NC(c2ccccc2)=NC1c1ccc2c(c1)C1(c3ccccc3[I-]c3ccccc31)c1cc(C#N)ccc1-2. The van der Waals surface area contributed by atoms with Crippen LogP contribution in [0.4, 0.5) is 0 Å². The van der Waals surface area contributed by atoms with Gasteiger partial charge in [-0.25, -0.2) is 0 Å². The molecule has 1 spiro atoms. The van der Waals surface area contributed by atoms with Gasteiger partial charge in [0.15, 0.2) is 0 Å². The molecule has 224 valence electrons. The van der Waals surface area contributed by atoms with Crippen LogP contribution in [0.1, 0.15) is 57.5 Å². The van der Waals surface area contributed by atoms with Crippen LogP contribution in [0.25, 0.3) is 11.1 Å². The molecule has 3 nitrogen and oxygen atoms in total. The Kier molecular flexibility index (Phi) is 6.58. The average Bonchev–Trinajstić information content (AvgIpc) is 3.41. The van der Waals surface area contributed by atoms with Crippen molar-refractivity contribution < 1.29 is 21.2 Å². The molecule has 9 rings (SSSR count). The zero-order chi connectivity index (χ0) is 31.5. The molecule has 3 aliphatic rings. The molecule has 0 saturated carbocycles. The predicted molar refractivity (Wildman–Crippen MR) is 184 cm³/mol. The minimum absolute atomic E-state index is 0.0598. The number of benzene rings is 6. The van der Waals surface area contributed by atoms with Crippen molar-refractivity contribution in [2.75, 3.05) is 0 Å². The Balaban J connectivity index is 1.31. The summed E-state index contributed by atoms with van der Waals surface area (Å²) in [6.07, 6.45) is 0.